The number of likely N-dealkylation sites (tertiary alicyclic amines) is 1. The van der Waals surface area contributed by atoms with Crippen LogP contribution in [-0.2, 0) is 19.6 Å². The number of benzene rings is 2. The van der Waals surface area contributed by atoms with Gasteiger partial charge in [0.25, 0.3) is 10.0 Å². The normalized spacial score (nSPS) is 22.0. The fourth-order valence-corrected chi connectivity index (χ4v) is 6.18. The monoisotopic (exact) mass is 488 g/mol. The van der Waals surface area contributed by atoms with E-state index in [-0.39, 0.29) is 16.7 Å². The maximum absolute atomic E-state index is 13.3. The molecule has 1 atom stereocenters. The molecule has 3 heterocycles. The van der Waals surface area contributed by atoms with Crippen molar-refractivity contribution >= 4 is 44.7 Å². The van der Waals surface area contributed by atoms with Crippen molar-refractivity contribution < 1.29 is 17.9 Å². The molecule has 0 spiro atoms. The van der Waals surface area contributed by atoms with Crippen LogP contribution in [-0.4, -0.2) is 64.5 Å². The molecule has 0 bridgehead atoms. The second-order valence-corrected chi connectivity index (χ2v) is 10.4. The van der Waals surface area contributed by atoms with E-state index in [1.807, 2.05) is 23.1 Å². The third-order valence-electron chi connectivity index (χ3n) is 6.28. The van der Waals surface area contributed by atoms with Gasteiger partial charge in [0.1, 0.15) is 4.90 Å². The number of nitrogens with zero attached hydrogens (tertiary/aromatic N) is 3. The van der Waals surface area contributed by atoms with Crippen molar-refractivity contribution in [3.8, 4) is 0 Å². The van der Waals surface area contributed by atoms with Crippen LogP contribution < -0.4 is 10.2 Å². The molecule has 0 radical (unpaired) electrons. The van der Waals surface area contributed by atoms with Crippen LogP contribution in [0.3, 0.4) is 0 Å². The van der Waals surface area contributed by atoms with Crippen LogP contribution in [0.2, 0.25) is 5.02 Å². The van der Waals surface area contributed by atoms with Gasteiger partial charge in [0.2, 0.25) is 5.91 Å². The predicted molar refractivity (Wildman–Crippen MR) is 128 cm³/mol. The average Bonchev–Trinajstić information content (AvgIpc) is 3.11. The molecule has 2 aromatic carbocycles. The van der Waals surface area contributed by atoms with Gasteiger partial charge in [-0.3, -0.25) is 4.79 Å². The van der Waals surface area contributed by atoms with Gasteiger partial charge in [-0.05, 0) is 37.1 Å². The Hall–Kier alpha value is -2.62. The highest BCUT2D eigenvalue weighted by Crippen LogP contribution is 2.35. The lowest BCUT2D eigenvalue weighted by molar-refractivity contribution is -0.121. The number of carbonyl (C=O) groups is 1. The van der Waals surface area contributed by atoms with E-state index in [9.17, 15) is 13.2 Å². The maximum atomic E-state index is 13.3. The third-order valence-corrected chi connectivity index (χ3v) is 7.91. The first kappa shape index (κ1) is 22.2. The van der Waals surface area contributed by atoms with Crippen molar-refractivity contribution in [3.05, 3.63) is 53.1 Å². The molecule has 0 unspecified atom stereocenters. The minimum atomic E-state index is -3.70. The average molecular weight is 489 g/mol. The van der Waals surface area contributed by atoms with Crippen LogP contribution in [0.25, 0.3) is 0 Å². The van der Waals surface area contributed by atoms with E-state index < -0.39 is 10.0 Å². The number of piperidine rings is 1. The molecule has 3 aliphatic heterocycles. The molecular formula is C23H25ClN4O4S. The van der Waals surface area contributed by atoms with Crippen molar-refractivity contribution in [2.75, 3.05) is 49.6 Å². The molecule has 2 saturated heterocycles. The van der Waals surface area contributed by atoms with Crippen molar-refractivity contribution in [2.45, 2.75) is 17.7 Å². The molecule has 10 heteroatoms. The number of amidine groups is 1. The summed E-state index contributed by atoms with van der Waals surface area (Å²) in [6.07, 6.45) is 1.49. The van der Waals surface area contributed by atoms with E-state index in [4.69, 9.17) is 16.3 Å². The van der Waals surface area contributed by atoms with E-state index >= 15 is 0 Å². The van der Waals surface area contributed by atoms with Gasteiger partial charge in [0.05, 0.1) is 35.5 Å². The number of hydrogen-bond donors (Lipinski definition) is 1. The summed E-state index contributed by atoms with van der Waals surface area (Å²) in [5.74, 6) is 0.0273. The molecule has 5 rings (SSSR count). The number of carbonyl (C=O) groups excluding carboxylic acids is 1. The molecule has 2 fully saturated rings. The van der Waals surface area contributed by atoms with Gasteiger partial charge in [-0.15, -0.1) is 4.40 Å². The highest BCUT2D eigenvalue weighted by molar-refractivity contribution is 7.90. The van der Waals surface area contributed by atoms with Gasteiger partial charge in [0.15, 0.2) is 5.84 Å². The zero-order valence-electron chi connectivity index (χ0n) is 18.0. The second-order valence-electron chi connectivity index (χ2n) is 8.40. The highest BCUT2D eigenvalue weighted by atomic mass is 35.5. The molecule has 1 amide bonds. The van der Waals surface area contributed by atoms with E-state index in [1.165, 1.54) is 0 Å². The first-order valence-corrected chi connectivity index (χ1v) is 12.9. The standard InChI is InChI=1S/C23H25ClN4O4S/c24-18-7-3-8-19(21(18)27-11-13-32-14-12-27)25-23(29)16-5-4-10-28(15-16)22-17-6-1-2-9-20(17)33(30,31)26-22/h1-3,6-9,16H,4-5,10-15H2,(H,25,29)/t16-/m1/s1. The number of hydrogen-bond acceptors (Lipinski definition) is 6. The Kier molecular flexibility index (Phi) is 6.03. The van der Waals surface area contributed by atoms with E-state index in [0.29, 0.717) is 61.5 Å². The van der Waals surface area contributed by atoms with Crippen LogP contribution >= 0.6 is 11.6 Å². The summed E-state index contributed by atoms with van der Waals surface area (Å²) < 4.78 is 34.4. The van der Waals surface area contributed by atoms with Crippen molar-refractivity contribution in [3.63, 3.8) is 0 Å². The van der Waals surface area contributed by atoms with Crippen LogP contribution in [0.1, 0.15) is 18.4 Å². The van der Waals surface area contributed by atoms with E-state index in [2.05, 4.69) is 14.6 Å². The lowest BCUT2D eigenvalue weighted by atomic mass is 9.96. The minimum absolute atomic E-state index is 0.105. The molecule has 0 aromatic heterocycles. The van der Waals surface area contributed by atoms with Crippen molar-refractivity contribution in [2.24, 2.45) is 10.3 Å². The number of anilines is 2. The molecule has 33 heavy (non-hydrogen) atoms. The number of fused-ring (bicyclic) bond motifs is 1. The highest BCUT2D eigenvalue weighted by Gasteiger charge is 2.35. The van der Waals surface area contributed by atoms with E-state index in [0.717, 1.165) is 18.5 Å². The number of sulfonamides is 1. The molecule has 3 aliphatic rings. The Morgan fingerprint density at radius 2 is 1.85 bits per heavy atom. The zero-order chi connectivity index (χ0) is 23.0. The number of rotatable bonds is 3. The van der Waals surface area contributed by atoms with Gasteiger partial charge < -0.3 is 19.9 Å². The largest absolute Gasteiger partial charge is 0.378 e. The summed E-state index contributed by atoms with van der Waals surface area (Å²) in [7, 11) is -3.70. The Morgan fingerprint density at radius 3 is 2.67 bits per heavy atom. The third kappa shape index (κ3) is 4.32. The van der Waals surface area contributed by atoms with Crippen LogP contribution in [0, 0.1) is 5.92 Å². The first-order valence-electron chi connectivity index (χ1n) is 11.1. The lowest BCUT2D eigenvalue weighted by Gasteiger charge is -2.34. The number of para-hydroxylation sites is 1. The van der Waals surface area contributed by atoms with Crippen LogP contribution in [0.5, 0.6) is 0 Å². The number of morpholine rings is 1. The fourth-order valence-electron chi connectivity index (χ4n) is 4.66. The zero-order valence-corrected chi connectivity index (χ0v) is 19.6. The Balaban J connectivity index is 1.35. The smallest absolute Gasteiger partial charge is 0.285 e. The minimum Gasteiger partial charge on any atom is -0.378 e. The molecular weight excluding hydrogens is 464 g/mol. The van der Waals surface area contributed by atoms with Crippen LogP contribution in [0.15, 0.2) is 51.8 Å². The summed E-state index contributed by atoms with van der Waals surface area (Å²) in [5.41, 5.74) is 2.09. The molecule has 0 aliphatic carbocycles. The van der Waals surface area contributed by atoms with E-state index in [1.54, 1.807) is 24.3 Å². The van der Waals surface area contributed by atoms with Gasteiger partial charge in [-0.1, -0.05) is 29.8 Å². The predicted octanol–water partition coefficient (Wildman–Crippen LogP) is 2.98. The SMILES string of the molecule is O=C(Nc1cccc(Cl)c1N1CCOCC1)[C@@H]1CCCN(C2=NS(=O)(=O)c3ccccc32)C1. The second kappa shape index (κ2) is 8.96. The summed E-state index contributed by atoms with van der Waals surface area (Å²) in [6.45, 7) is 3.70. The van der Waals surface area contributed by atoms with Crippen LogP contribution in [0.4, 0.5) is 11.4 Å². The van der Waals surface area contributed by atoms with Gasteiger partial charge >= 0.3 is 0 Å². The summed E-state index contributed by atoms with van der Waals surface area (Å²) in [6, 6.07) is 12.3. The van der Waals surface area contributed by atoms with Crippen molar-refractivity contribution in [1.29, 1.82) is 0 Å². The van der Waals surface area contributed by atoms with Gasteiger partial charge in [0, 0.05) is 31.7 Å². The molecule has 174 valence electrons. The Bertz CT molecular complexity index is 1210. The molecule has 2 aromatic rings. The van der Waals surface area contributed by atoms with Crippen molar-refractivity contribution in [1.82, 2.24) is 4.90 Å². The molecule has 0 saturated carbocycles. The number of amides is 1. The maximum Gasteiger partial charge on any atom is 0.285 e. The van der Waals surface area contributed by atoms with Gasteiger partial charge in [-0.25, -0.2) is 0 Å². The number of nitrogens with one attached hydrogen (secondary N) is 1. The summed E-state index contributed by atoms with van der Waals surface area (Å²) in [4.78, 5) is 17.5. The number of ether oxygens (including phenoxy) is 1. The number of halogens is 1. The Labute approximate surface area is 198 Å². The lowest BCUT2D eigenvalue weighted by Crippen LogP contribution is -2.44. The Morgan fingerprint density at radius 1 is 1.06 bits per heavy atom. The summed E-state index contributed by atoms with van der Waals surface area (Å²) >= 11 is 6.50. The first-order chi connectivity index (χ1) is 15.9. The summed E-state index contributed by atoms with van der Waals surface area (Å²) in [5, 5.41) is 3.66. The topological polar surface area (TPSA) is 91.3 Å². The van der Waals surface area contributed by atoms with Gasteiger partial charge in [-0.2, -0.15) is 8.42 Å². The molecule has 1 N–H and O–H groups in total. The quantitative estimate of drug-likeness (QED) is 0.714. The molecule has 8 nitrogen and oxygen atoms in total. The fraction of sp³-hybridized carbons (Fsp3) is 0.391.